The molecule has 1 aromatic carbocycles. The van der Waals surface area contributed by atoms with Crippen LogP contribution in [0.4, 0.5) is 4.39 Å². The Kier molecular flexibility index (Phi) is 2.48. The molecule has 0 aliphatic heterocycles. The van der Waals surface area contributed by atoms with E-state index in [-0.39, 0.29) is 11.4 Å². The standard InChI is InChI=1S/C12H10FNO2/c1-7-6-10(12(15)16)11(14-7)8-2-4-9(13)5-3-8/h2-6,14H,1H3,(H,15,16). The Labute approximate surface area is 91.5 Å². The molecular formula is C12H10FNO2. The van der Waals surface area contributed by atoms with Gasteiger partial charge in [-0.05, 0) is 42.8 Å². The quantitative estimate of drug-likeness (QED) is 0.815. The van der Waals surface area contributed by atoms with Crippen LogP contribution >= 0.6 is 0 Å². The number of halogens is 1. The first-order valence-corrected chi connectivity index (χ1v) is 4.77. The van der Waals surface area contributed by atoms with Crippen LogP contribution in [0.2, 0.25) is 0 Å². The Balaban J connectivity index is 2.55. The Hall–Kier alpha value is -2.10. The second-order valence-corrected chi connectivity index (χ2v) is 3.55. The van der Waals surface area contributed by atoms with Gasteiger partial charge in [0.25, 0.3) is 0 Å². The van der Waals surface area contributed by atoms with E-state index in [1.807, 2.05) is 0 Å². The number of aromatic carboxylic acids is 1. The number of hydrogen-bond acceptors (Lipinski definition) is 1. The average Bonchev–Trinajstić information content (AvgIpc) is 2.61. The van der Waals surface area contributed by atoms with Crippen LogP contribution in [0.15, 0.2) is 30.3 Å². The number of benzene rings is 1. The summed E-state index contributed by atoms with van der Waals surface area (Å²) in [6, 6.07) is 7.26. The molecule has 4 heteroatoms. The van der Waals surface area contributed by atoms with Gasteiger partial charge in [-0.1, -0.05) is 0 Å². The van der Waals surface area contributed by atoms with Crippen molar-refractivity contribution in [2.24, 2.45) is 0 Å². The van der Waals surface area contributed by atoms with Gasteiger partial charge in [0.05, 0.1) is 11.3 Å². The van der Waals surface area contributed by atoms with Crippen molar-refractivity contribution in [3.63, 3.8) is 0 Å². The van der Waals surface area contributed by atoms with Gasteiger partial charge in [-0.2, -0.15) is 0 Å². The van der Waals surface area contributed by atoms with E-state index in [4.69, 9.17) is 5.11 Å². The maximum absolute atomic E-state index is 12.7. The Morgan fingerprint density at radius 3 is 2.50 bits per heavy atom. The van der Waals surface area contributed by atoms with Gasteiger partial charge in [0.15, 0.2) is 0 Å². The van der Waals surface area contributed by atoms with Crippen LogP contribution in [0.3, 0.4) is 0 Å². The van der Waals surface area contributed by atoms with Gasteiger partial charge in [-0.15, -0.1) is 0 Å². The van der Waals surface area contributed by atoms with E-state index in [1.54, 1.807) is 25.1 Å². The summed E-state index contributed by atoms with van der Waals surface area (Å²) in [4.78, 5) is 13.9. The van der Waals surface area contributed by atoms with Crippen molar-refractivity contribution in [3.8, 4) is 11.3 Å². The first-order valence-electron chi connectivity index (χ1n) is 4.77. The molecule has 0 spiro atoms. The van der Waals surface area contributed by atoms with Crippen molar-refractivity contribution >= 4 is 5.97 Å². The zero-order valence-corrected chi connectivity index (χ0v) is 8.62. The molecule has 16 heavy (non-hydrogen) atoms. The van der Waals surface area contributed by atoms with Gasteiger partial charge in [-0.25, -0.2) is 9.18 Å². The third-order valence-electron chi connectivity index (χ3n) is 2.32. The number of nitrogens with one attached hydrogen (secondary N) is 1. The van der Waals surface area contributed by atoms with Gasteiger partial charge in [0, 0.05) is 5.69 Å². The van der Waals surface area contributed by atoms with E-state index in [2.05, 4.69) is 4.98 Å². The molecule has 0 saturated heterocycles. The SMILES string of the molecule is Cc1cc(C(=O)O)c(-c2ccc(F)cc2)[nH]1. The predicted octanol–water partition coefficient (Wildman–Crippen LogP) is 2.83. The fourth-order valence-corrected chi connectivity index (χ4v) is 1.60. The molecule has 2 aromatic rings. The molecule has 1 aromatic heterocycles. The Bertz CT molecular complexity index is 528. The molecule has 0 radical (unpaired) electrons. The molecule has 0 unspecified atom stereocenters. The first-order chi connectivity index (χ1) is 7.58. The first kappa shape index (κ1) is 10.4. The Morgan fingerprint density at radius 1 is 1.31 bits per heavy atom. The molecule has 0 fully saturated rings. The van der Waals surface area contributed by atoms with Crippen LogP contribution in [0.1, 0.15) is 16.1 Å². The van der Waals surface area contributed by atoms with Crippen LogP contribution in [0.25, 0.3) is 11.3 Å². The number of carbonyl (C=O) groups is 1. The third-order valence-corrected chi connectivity index (χ3v) is 2.32. The minimum absolute atomic E-state index is 0.198. The number of H-pyrrole nitrogens is 1. The number of carboxylic acids is 1. The second kappa shape index (κ2) is 3.81. The van der Waals surface area contributed by atoms with E-state index in [0.717, 1.165) is 5.69 Å². The van der Waals surface area contributed by atoms with Crippen LogP contribution in [-0.2, 0) is 0 Å². The van der Waals surface area contributed by atoms with Crippen LogP contribution < -0.4 is 0 Å². The summed E-state index contributed by atoms with van der Waals surface area (Å²) in [6.07, 6.45) is 0. The number of hydrogen-bond donors (Lipinski definition) is 2. The molecule has 3 nitrogen and oxygen atoms in total. The third kappa shape index (κ3) is 1.82. The summed E-state index contributed by atoms with van der Waals surface area (Å²) in [7, 11) is 0. The lowest BCUT2D eigenvalue weighted by atomic mass is 10.1. The van der Waals surface area contributed by atoms with Crippen molar-refractivity contribution in [2.75, 3.05) is 0 Å². The van der Waals surface area contributed by atoms with Gasteiger partial charge in [0.2, 0.25) is 0 Å². The molecule has 0 bridgehead atoms. The number of aromatic nitrogens is 1. The summed E-state index contributed by atoms with van der Waals surface area (Å²) in [6.45, 7) is 1.78. The van der Waals surface area contributed by atoms with E-state index in [9.17, 15) is 9.18 Å². The number of aromatic amines is 1. The van der Waals surface area contributed by atoms with Crippen molar-refractivity contribution in [1.82, 2.24) is 4.98 Å². The number of aryl methyl sites for hydroxylation is 1. The molecule has 0 aliphatic rings. The smallest absolute Gasteiger partial charge is 0.337 e. The van der Waals surface area contributed by atoms with E-state index < -0.39 is 5.97 Å². The monoisotopic (exact) mass is 219 g/mol. The molecule has 82 valence electrons. The molecular weight excluding hydrogens is 209 g/mol. The maximum Gasteiger partial charge on any atom is 0.337 e. The van der Waals surface area contributed by atoms with Crippen molar-refractivity contribution < 1.29 is 14.3 Å². The largest absolute Gasteiger partial charge is 0.478 e. The van der Waals surface area contributed by atoms with Gasteiger partial charge >= 0.3 is 5.97 Å². The Morgan fingerprint density at radius 2 is 1.94 bits per heavy atom. The van der Waals surface area contributed by atoms with Crippen LogP contribution in [0, 0.1) is 12.7 Å². The van der Waals surface area contributed by atoms with Crippen molar-refractivity contribution in [3.05, 3.63) is 47.4 Å². The predicted molar refractivity (Wildman–Crippen MR) is 57.9 cm³/mol. The molecule has 0 amide bonds. The number of carboxylic acid groups (broad SMARTS) is 1. The molecule has 1 heterocycles. The van der Waals surface area contributed by atoms with Gasteiger partial charge in [-0.3, -0.25) is 0 Å². The zero-order chi connectivity index (χ0) is 11.7. The van der Waals surface area contributed by atoms with Crippen LogP contribution in [-0.4, -0.2) is 16.1 Å². The van der Waals surface area contributed by atoms with Gasteiger partial charge in [0.1, 0.15) is 5.82 Å². The fraction of sp³-hybridized carbons (Fsp3) is 0.0833. The van der Waals surface area contributed by atoms with E-state index >= 15 is 0 Å². The number of rotatable bonds is 2. The van der Waals surface area contributed by atoms with E-state index in [1.165, 1.54) is 12.1 Å². The van der Waals surface area contributed by atoms with Crippen molar-refractivity contribution in [1.29, 1.82) is 0 Å². The van der Waals surface area contributed by atoms with Crippen molar-refractivity contribution in [2.45, 2.75) is 6.92 Å². The molecule has 0 saturated carbocycles. The molecule has 2 rings (SSSR count). The maximum atomic E-state index is 12.7. The highest BCUT2D eigenvalue weighted by molar-refractivity contribution is 5.95. The summed E-state index contributed by atoms with van der Waals surface area (Å²) in [5, 5.41) is 9.00. The minimum atomic E-state index is -0.997. The highest BCUT2D eigenvalue weighted by Gasteiger charge is 2.14. The zero-order valence-electron chi connectivity index (χ0n) is 8.62. The summed E-state index contributed by atoms with van der Waals surface area (Å²) < 4.78 is 12.7. The molecule has 0 atom stereocenters. The summed E-state index contributed by atoms with van der Waals surface area (Å²) in [5.41, 5.74) is 2.12. The highest BCUT2D eigenvalue weighted by atomic mass is 19.1. The molecule has 0 aliphatic carbocycles. The minimum Gasteiger partial charge on any atom is -0.478 e. The van der Waals surface area contributed by atoms with E-state index in [0.29, 0.717) is 11.3 Å². The summed E-state index contributed by atoms with van der Waals surface area (Å²) >= 11 is 0. The fourth-order valence-electron chi connectivity index (χ4n) is 1.60. The lowest BCUT2D eigenvalue weighted by molar-refractivity contribution is 0.0698. The summed E-state index contributed by atoms with van der Waals surface area (Å²) in [5.74, 6) is -1.34. The second-order valence-electron chi connectivity index (χ2n) is 3.55. The van der Waals surface area contributed by atoms with Crippen LogP contribution in [0.5, 0.6) is 0 Å². The molecule has 2 N–H and O–H groups in total. The average molecular weight is 219 g/mol. The highest BCUT2D eigenvalue weighted by Crippen LogP contribution is 2.24. The topological polar surface area (TPSA) is 53.1 Å². The lowest BCUT2D eigenvalue weighted by Crippen LogP contribution is -1.96. The van der Waals surface area contributed by atoms with Gasteiger partial charge < -0.3 is 10.1 Å². The lowest BCUT2D eigenvalue weighted by Gasteiger charge is -2.00. The normalized spacial score (nSPS) is 10.4.